The van der Waals surface area contributed by atoms with E-state index in [0.29, 0.717) is 0 Å². The Hall–Kier alpha value is -0.930. The smallest absolute Gasteiger partial charge is 0.123 e. The van der Waals surface area contributed by atoms with Gasteiger partial charge in [-0.25, -0.2) is 4.39 Å². The topological polar surface area (TPSA) is 15.3 Å². The van der Waals surface area contributed by atoms with Crippen LogP contribution in [0.15, 0.2) is 24.3 Å². The highest BCUT2D eigenvalue weighted by atomic mass is 19.1. The van der Waals surface area contributed by atoms with Crippen molar-refractivity contribution in [3.63, 3.8) is 0 Å². The summed E-state index contributed by atoms with van der Waals surface area (Å²) < 4.78 is 13.2. The van der Waals surface area contributed by atoms with Gasteiger partial charge < -0.3 is 10.2 Å². The Bertz CT molecular complexity index is 407. The van der Waals surface area contributed by atoms with Crippen LogP contribution in [0.25, 0.3) is 0 Å². The average Bonchev–Trinajstić information content (AvgIpc) is 3.05. The first kappa shape index (κ1) is 14.5. The van der Waals surface area contributed by atoms with Gasteiger partial charge >= 0.3 is 0 Å². The van der Waals surface area contributed by atoms with E-state index in [0.717, 1.165) is 30.4 Å². The fraction of sp³-hybridized carbons (Fsp3) is 0.625. The predicted octanol–water partition coefficient (Wildman–Crippen LogP) is 3.06. The summed E-state index contributed by atoms with van der Waals surface area (Å²) in [7, 11) is 4.13. The number of rotatable bonds is 7. The molecule has 0 spiro atoms. The Labute approximate surface area is 116 Å². The van der Waals surface area contributed by atoms with Crippen molar-refractivity contribution in [2.24, 2.45) is 11.8 Å². The molecule has 106 valence electrons. The van der Waals surface area contributed by atoms with Crippen LogP contribution in [0.4, 0.5) is 4.39 Å². The van der Waals surface area contributed by atoms with Crippen LogP contribution in [0.1, 0.15) is 31.4 Å². The molecular weight excluding hydrogens is 239 g/mol. The summed E-state index contributed by atoms with van der Waals surface area (Å²) in [6.07, 6.45) is 2.39. The van der Waals surface area contributed by atoms with Crippen molar-refractivity contribution in [3.8, 4) is 0 Å². The van der Waals surface area contributed by atoms with Crippen molar-refractivity contribution in [1.82, 2.24) is 10.2 Å². The van der Waals surface area contributed by atoms with Gasteiger partial charge in [-0.05, 0) is 63.0 Å². The Kier molecular flexibility index (Phi) is 4.94. The van der Waals surface area contributed by atoms with Crippen LogP contribution in [0.5, 0.6) is 0 Å². The predicted molar refractivity (Wildman–Crippen MR) is 77.6 cm³/mol. The van der Waals surface area contributed by atoms with Crippen molar-refractivity contribution in [2.45, 2.75) is 25.8 Å². The molecule has 2 nitrogen and oxygen atoms in total. The summed E-state index contributed by atoms with van der Waals surface area (Å²) in [5.74, 6) is 1.65. The van der Waals surface area contributed by atoms with Crippen LogP contribution in [0.3, 0.4) is 0 Å². The molecule has 0 heterocycles. The van der Waals surface area contributed by atoms with E-state index in [2.05, 4.69) is 24.2 Å². The normalized spacial score (nSPS) is 23.6. The second-order valence-corrected chi connectivity index (χ2v) is 5.92. The van der Waals surface area contributed by atoms with Gasteiger partial charge in [0, 0.05) is 12.6 Å². The van der Waals surface area contributed by atoms with Crippen LogP contribution >= 0.6 is 0 Å². The van der Waals surface area contributed by atoms with Crippen molar-refractivity contribution < 1.29 is 4.39 Å². The lowest BCUT2D eigenvalue weighted by molar-refractivity contribution is 0.295. The molecule has 1 N–H and O–H groups in total. The maximum atomic E-state index is 13.2. The minimum absolute atomic E-state index is 0.155. The van der Waals surface area contributed by atoms with Crippen LogP contribution in [0.2, 0.25) is 0 Å². The zero-order valence-corrected chi connectivity index (χ0v) is 12.2. The highest BCUT2D eigenvalue weighted by Crippen LogP contribution is 2.38. The number of nitrogens with one attached hydrogen (secondary N) is 1. The van der Waals surface area contributed by atoms with Crippen molar-refractivity contribution in [1.29, 1.82) is 0 Å². The number of hydrogen-bond acceptors (Lipinski definition) is 2. The van der Waals surface area contributed by atoms with Gasteiger partial charge in [0.15, 0.2) is 0 Å². The van der Waals surface area contributed by atoms with Crippen LogP contribution < -0.4 is 5.32 Å². The highest BCUT2D eigenvalue weighted by Gasteiger charge is 2.32. The maximum absolute atomic E-state index is 13.2. The van der Waals surface area contributed by atoms with Crippen LogP contribution in [-0.4, -0.2) is 32.1 Å². The number of halogens is 1. The molecule has 3 heteroatoms. The van der Waals surface area contributed by atoms with Gasteiger partial charge in [-0.2, -0.15) is 0 Å². The summed E-state index contributed by atoms with van der Waals surface area (Å²) in [4.78, 5) is 2.40. The molecule has 1 aromatic rings. The van der Waals surface area contributed by atoms with Crippen LogP contribution in [-0.2, 0) is 0 Å². The third-order valence-electron chi connectivity index (χ3n) is 4.22. The number of benzene rings is 1. The molecule has 1 saturated carbocycles. The molecule has 0 radical (unpaired) electrons. The monoisotopic (exact) mass is 264 g/mol. The van der Waals surface area contributed by atoms with E-state index in [1.54, 1.807) is 12.1 Å². The quantitative estimate of drug-likeness (QED) is 0.814. The molecule has 1 aliphatic carbocycles. The van der Waals surface area contributed by atoms with E-state index in [1.807, 2.05) is 13.1 Å². The van der Waals surface area contributed by atoms with Gasteiger partial charge in [-0.1, -0.05) is 19.1 Å². The fourth-order valence-corrected chi connectivity index (χ4v) is 2.70. The lowest BCUT2D eigenvalue weighted by Crippen LogP contribution is -2.27. The highest BCUT2D eigenvalue weighted by molar-refractivity contribution is 5.20. The lowest BCUT2D eigenvalue weighted by atomic mass is 10.0. The molecule has 0 bridgehead atoms. The van der Waals surface area contributed by atoms with E-state index in [9.17, 15) is 4.39 Å². The summed E-state index contributed by atoms with van der Waals surface area (Å²) in [5.41, 5.74) is 1.04. The van der Waals surface area contributed by atoms with E-state index >= 15 is 0 Å². The molecule has 19 heavy (non-hydrogen) atoms. The van der Waals surface area contributed by atoms with E-state index < -0.39 is 0 Å². The summed E-state index contributed by atoms with van der Waals surface area (Å²) in [6, 6.07) is 7.13. The Morgan fingerprint density at radius 1 is 1.47 bits per heavy atom. The molecule has 0 aliphatic heterocycles. The molecular formula is C16H25FN2. The third kappa shape index (κ3) is 4.29. The summed E-state index contributed by atoms with van der Waals surface area (Å²) >= 11 is 0. The van der Waals surface area contributed by atoms with Gasteiger partial charge in [0.25, 0.3) is 0 Å². The van der Waals surface area contributed by atoms with Gasteiger partial charge in [0.1, 0.15) is 5.82 Å². The van der Waals surface area contributed by atoms with Gasteiger partial charge in [-0.3, -0.25) is 0 Å². The van der Waals surface area contributed by atoms with Gasteiger partial charge in [-0.15, -0.1) is 0 Å². The first-order valence-electron chi connectivity index (χ1n) is 7.21. The molecule has 1 fully saturated rings. The third-order valence-corrected chi connectivity index (χ3v) is 4.22. The molecule has 0 aromatic heterocycles. The largest absolute Gasteiger partial charge is 0.313 e. The Balaban J connectivity index is 1.82. The first-order valence-corrected chi connectivity index (χ1v) is 7.21. The SMILES string of the molecule is CNC(CCN(C)CC1CC1C)c1cccc(F)c1. The zero-order valence-electron chi connectivity index (χ0n) is 12.2. The second-order valence-electron chi connectivity index (χ2n) is 5.92. The Morgan fingerprint density at radius 2 is 2.21 bits per heavy atom. The molecule has 0 amide bonds. The van der Waals surface area contributed by atoms with Crippen molar-refractivity contribution in [3.05, 3.63) is 35.6 Å². The first-order chi connectivity index (χ1) is 9.10. The minimum atomic E-state index is -0.155. The van der Waals surface area contributed by atoms with E-state index in [1.165, 1.54) is 19.0 Å². The molecule has 0 saturated heterocycles. The number of hydrogen-bond donors (Lipinski definition) is 1. The molecule has 1 aromatic carbocycles. The second kappa shape index (κ2) is 6.49. The average molecular weight is 264 g/mol. The van der Waals surface area contributed by atoms with Crippen molar-refractivity contribution >= 4 is 0 Å². The zero-order chi connectivity index (χ0) is 13.8. The van der Waals surface area contributed by atoms with Gasteiger partial charge in [0.2, 0.25) is 0 Å². The summed E-state index contributed by atoms with van der Waals surface area (Å²) in [5, 5.41) is 3.29. The van der Waals surface area contributed by atoms with E-state index in [4.69, 9.17) is 0 Å². The molecule has 1 aliphatic rings. The standard InChI is InChI=1S/C16H25FN2/c1-12-9-14(12)11-19(3)8-7-16(18-2)13-5-4-6-15(17)10-13/h4-6,10,12,14,16,18H,7-9,11H2,1-3H3. The Morgan fingerprint density at radius 3 is 2.79 bits per heavy atom. The summed E-state index contributed by atoms with van der Waals surface area (Å²) in [6.45, 7) is 4.56. The molecule has 2 rings (SSSR count). The molecule has 3 atom stereocenters. The fourth-order valence-electron chi connectivity index (χ4n) is 2.70. The molecule has 3 unspecified atom stereocenters. The van der Waals surface area contributed by atoms with E-state index in [-0.39, 0.29) is 11.9 Å². The maximum Gasteiger partial charge on any atom is 0.123 e. The number of nitrogens with zero attached hydrogens (tertiary/aromatic N) is 1. The minimum Gasteiger partial charge on any atom is -0.313 e. The van der Waals surface area contributed by atoms with Crippen LogP contribution in [0, 0.1) is 17.7 Å². The lowest BCUT2D eigenvalue weighted by Gasteiger charge is -2.22. The van der Waals surface area contributed by atoms with Gasteiger partial charge in [0.05, 0.1) is 0 Å². The van der Waals surface area contributed by atoms with Crippen molar-refractivity contribution in [2.75, 3.05) is 27.2 Å².